The normalized spacial score (nSPS) is 14.9. The molecule has 12 heteroatoms. The summed E-state index contributed by atoms with van der Waals surface area (Å²) in [6, 6.07) is 17.7. The highest BCUT2D eigenvalue weighted by molar-refractivity contribution is 7.90. The van der Waals surface area contributed by atoms with Gasteiger partial charge >= 0.3 is 5.69 Å². The van der Waals surface area contributed by atoms with E-state index in [4.69, 9.17) is 11.6 Å². The van der Waals surface area contributed by atoms with Crippen LogP contribution < -0.4 is 10.6 Å². The average Bonchev–Trinajstić information content (AvgIpc) is 3.62. The molecule has 0 radical (unpaired) electrons. The van der Waals surface area contributed by atoms with Gasteiger partial charge < -0.3 is 9.80 Å². The van der Waals surface area contributed by atoms with Crippen molar-refractivity contribution in [2.75, 3.05) is 31.1 Å². The Balaban J connectivity index is 1.47. The van der Waals surface area contributed by atoms with Crippen molar-refractivity contribution in [1.29, 1.82) is 0 Å². The van der Waals surface area contributed by atoms with Crippen LogP contribution in [0.2, 0.25) is 5.02 Å². The van der Waals surface area contributed by atoms with E-state index in [1.54, 1.807) is 46.9 Å². The van der Waals surface area contributed by atoms with Crippen LogP contribution >= 0.6 is 22.9 Å². The number of aromatic nitrogens is 3. The second-order valence-electron chi connectivity index (χ2n) is 9.35. The number of imidazole rings is 1. The highest BCUT2D eigenvalue weighted by Crippen LogP contribution is 2.30. The summed E-state index contributed by atoms with van der Waals surface area (Å²) in [5, 5.41) is 3.43. The quantitative estimate of drug-likeness (QED) is 0.294. The Labute approximate surface area is 239 Å². The third-order valence-corrected chi connectivity index (χ3v) is 9.81. The lowest BCUT2D eigenvalue weighted by Crippen LogP contribution is -2.51. The second-order valence-corrected chi connectivity index (χ2v) is 12.3. The zero-order chi connectivity index (χ0) is 27.9. The number of hydrogen-bond acceptors (Lipinski definition) is 7. The second kappa shape index (κ2) is 10.6. The molecule has 2 aromatic carbocycles. The standard InChI is InChI=1S/C28H24ClN5O4S2/c29-21-6-7-24-25(18-21)33(28(36)34(24)40(37,38)23-10-17-39-19-23)26(20-4-2-1-3-5-20)27(35)32-15-13-31(14-16-32)22-8-11-30-12-9-22/h1-12,17-19,26H,13-16H2. The lowest BCUT2D eigenvalue weighted by molar-refractivity contribution is -0.133. The minimum absolute atomic E-state index is 0.00317. The number of nitrogens with zero attached hydrogens (tertiary/aromatic N) is 5. The van der Waals surface area contributed by atoms with Gasteiger partial charge in [-0.15, -0.1) is 0 Å². The number of carbonyl (C=O) groups is 1. The van der Waals surface area contributed by atoms with Crippen molar-refractivity contribution in [3.63, 3.8) is 0 Å². The summed E-state index contributed by atoms with van der Waals surface area (Å²) < 4.78 is 29.3. The Morgan fingerprint density at radius 3 is 2.33 bits per heavy atom. The molecular formula is C28H24ClN5O4S2. The lowest BCUT2D eigenvalue weighted by atomic mass is 10.0. The van der Waals surface area contributed by atoms with Gasteiger partial charge in [-0.25, -0.2) is 13.2 Å². The predicted molar refractivity (Wildman–Crippen MR) is 156 cm³/mol. The maximum absolute atomic E-state index is 14.3. The number of piperazine rings is 1. The first-order valence-electron chi connectivity index (χ1n) is 12.6. The van der Waals surface area contributed by atoms with Crippen molar-refractivity contribution in [3.8, 4) is 0 Å². The number of amides is 1. The number of benzene rings is 2. The van der Waals surface area contributed by atoms with E-state index in [-0.39, 0.29) is 21.8 Å². The summed E-state index contributed by atoms with van der Waals surface area (Å²) in [6.45, 7) is 2.08. The maximum Gasteiger partial charge on any atom is 0.344 e. The van der Waals surface area contributed by atoms with Gasteiger partial charge in [0.2, 0.25) is 0 Å². The van der Waals surface area contributed by atoms with E-state index in [0.29, 0.717) is 36.8 Å². The minimum atomic E-state index is -4.24. The number of carbonyl (C=O) groups excluding carboxylic acids is 1. The minimum Gasteiger partial charge on any atom is -0.368 e. The van der Waals surface area contributed by atoms with Gasteiger partial charge in [0, 0.05) is 54.7 Å². The molecule has 1 amide bonds. The number of halogens is 1. The molecule has 9 nitrogen and oxygen atoms in total. The van der Waals surface area contributed by atoms with Crippen LogP contribution in [0.25, 0.3) is 11.0 Å². The lowest BCUT2D eigenvalue weighted by Gasteiger charge is -2.37. The van der Waals surface area contributed by atoms with E-state index in [2.05, 4.69) is 9.88 Å². The number of anilines is 1. The summed E-state index contributed by atoms with van der Waals surface area (Å²) in [5.74, 6) is -0.297. The van der Waals surface area contributed by atoms with E-state index in [9.17, 15) is 18.0 Å². The smallest absolute Gasteiger partial charge is 0.344 e. The summed E-state index contributed by atoms with van der Waals surface area (Å²) in [5.41, 5.74) is 1.17. The average molecular weight is 594 g/mol. The fourth-order valence-electron chi connectivity index (χ4n) is 5.10. The van der Waals surface area contributed by atoms with Gasteiger partial charge in [0.15, 0.2) is 0 Å². The van der Waals surface area contributed by atoms with Gasteiger partial charge in [0.05, 0.1) is 15.9 Å². The predicted octanol–water partition coefficient (Wildman–Crippen LogP) is 4.09. The summed E-state index contributed by atoms with van der Waals surface area (Å²) in [7, 11) is -4.24. The number of hydrogen-bond donors (Lipinski definition) is 0. The maximum atomic E-state index is 14.3. The van der Waals surface area contributed by atoms with Gasteiger partial charge in [-0.1, -0.05) is 41.9 Å². The number of rotatable bonds is 6. The zero-order valence-electron chi connectivity index (χ0n) is 21.1. The Morgan fingerprint density at radius 2 is 1.65 bits per heavy atom. The largest absolute Gasteiger partial charge is 0.368 e. The van der Waals surface area contributed by atoms with Crippen LogP contribution in [0.3, 0.4) is 0 Å². The topological polar surface area (TPSA) is 97.5 Å². The first kappa shape index (κ1) is 26.3. The van der Waals surface area contributed by atoms with E-state index < -0.39 is 21.8 Å². The molecule has 1 atom stereocenters. The number of pyridine rings is 1. The van der Waals surface area contributed by atoms with Crippen LogP contribution in [0, 0.1) is 0 Å². The zero-order valence-corrected chi connectivity index (χ0v) is 23.5. The first-order chi connectivity index (χ1) is 19.4. The van der Waals surface area contributed by atoms with Crippen LogP contribution in [0.5, 0.6) is 0 Å². The fraction of sp³-hybridized carbons (Fsp3) is 0.179. The molecule has 5 aromatic rings. The molecule has 6 rings (SSSR count). The van der Waals surface area contributed by atoms with Crippen LogP contribution in [-0.4, -0.2) is 58.9 Å². The van der Waals surface area contributed by atoms with Gasteiger partial charge in [-0.3, -0.25) is 14.3 Å². The van der Waals surface area contributed by atoms with Gasteiger partial charge in [-0.2, -0.15) is 15.3 Å². The Hall–Kier alpha value is -3.93. The van der Waals surface area contributed by atoms with Crippen molar-refractivity contribution < 1.29 is 13.2 Å². The van der Waals surface area contributed by atoms with Crippen molar-refractivity contribution in [2.45, 2.75) is 10.9 Å². The van der Waals surface area contributed by atoms with E-state index in [0.717, 1.165) is 9.66 Å². The van der Waals surface area contributed by atoms with E-state index in [1.807, 2.05) is 18.2 Å². The van der Waals surface area contributed by atoms with Crippen molar-refractivity contribution in [2.24, 2.45) is 0 Å². The van der Waals surface area contributed by atoms with E-state index in [1.165, 1.54) is 45.5 Å². The molecule has 0 spiro atoms. The van der Waals surface area contributed by atoms with Gasteiger partial charge in [0.25, 0.3) is 15.9 Å². The Bertz CT molecular complexity index is 1830. The molecule has 40 heavy (non-hydrogen) atoms. The molecule has 1 fully saturated rings. The van der Waals surface area contributed by atoms with Gasteiger partial charge in [-0.05, 0) is 47.3 Å². The number of fused-ring (bicyclic) bond motifs is 1. The molecule has 204 valence electrons. The van der Waals surface area contributed by atoms with E-state index >= 15 is 0 Å². The molecule has 1 unspecified atom stereocenters. The van der Waals surface area contributed by atoms with Crippen LogP contribution in [0.15, 0.2) is 99.6 Å². The molecule has 4 heterocycles. The molecule has 3 aromatic heterocycles. The van der Waals surface area contributed by atoms with Crippen LogP contribution in [0.4, 0.5) is 5.69 Å². The molecule has 1 aliphatic rings. The van der Waals surface area contributed by atoms with Crippen LogP contribution in [0.1, 0.15) is 11.6 Å². The van der Waals surface area contributed by atoms with Crippen LogP contribution in [-0.2, 0) is 14.8 Å². The first-order valence-corrected chi connectivity index (χ1v) is 15.3. The fourth-order valence-corrected chi connectivity index (χ4v) is 7.68. The molecule has 0 saturated carbocycles. The Kier molecular flexibility index (Phi) is 6.95. The molecule has 0 aliphatic carbocycles. The molecular weight excluding hydrogens is 570 g/mol. The summed E-state index contributed by atoms with van der Waals surface area (Å²) in [4.78, 5) is 36.3. The molecule has 0 N–H and O–H groups in total. The van der Waals surface area contributed by atoms with Crippen molar-refractivity contribution in [1.82, 2.24) is 18.4 Å². The van der Waals surface area contributed by atoms with Crippen molar-refractivity contribution in [3.05, 3.63) is 111 Å². The van der Waals surface area contributed by atoms with Gasteiger partial charge in [0.1, 0.15) is 6.04 Å². The molecule has 1 aliphatic heterocycles. The summed E-state index contributed by atoms with van der Waals surface area (Å²) in [6.07, 6.45) is 3.46. The third-order valence-electron chi connectivity index (χ3n) is 7.06. The Morgan fingerprint density at radius 1 is 0.925 bits per heavy atom. The highest BCUT2D eigenvalue weighted by Gasteiger charge is 2.35. The summed E-state index contributed by atoms with van der Waals surface area (Å²) >= 11 is 7.56. The third kappa shape index (κ3) is 4.59. The molecule has 1 saturated heterocycles. The SMILES string of the molecule is O=C(C(c1ccccc1)n1c(=O)n(S(=O)(=O)c2ccsc2)c2ccc(Cl)cc21)N1CCN(c2ccncc2)CC1. The highest BCUT2D eigenvalue weighted by atomic mass is 35.5. The monoisotopic (exact) mass is 593 g/mol. The van der Waals surface area contributed by atoms with Crippen molar-refractivity contribution >= 4 is 55.6 Å². The molecule has 0 bridgehead atoms. The number of thiophene rings is 1.